The van der Waals surface area contributed by atoms with Crippen LogP contribution in [0.1, 0.15) is 18.1 Å². The van der Waals surface area contributed by atoms with Crippen LogP contribution in [0.2, 0.25) is 0 Å². The minimum atomic E-state index is -4.66. The lowest BCUT2D eigenvalue weighted by Crippen LogP contribution is -2.18. The number of halogens is 4. The summed E-state index contributed by atoms with van der Waals surface area (Å²) in [6, 6.07) is 4.60. The van der Waals surface area contributed by atoms with Gasteiger partial charge in [-0.25, -0.2) is 0 Å². The molecule has 0 aliphatic heterocycles. The zero-order chi connectivity index (χ0) is 11.5. The molecule has 0 bridgehead atoms. The van der Waals surface area contributed by atoms with E-state index in [1.807, 2.05) is 0 Å². The molecule has 0 spiro atoms. The highest BCUT2D eigenvalue weighted by molar-refractivity contribution is 6.17. The lowest BCUT2D eigenvalue weighted by atomic mass is 10.1. The fraction of sp³-hybridized carbons (Fsp3) is 0.400. The molecule has 0 saturated heterocycles. The number of hydrogen-bond donors (Lipinski definition) is 0. The lowest BCUT2D eigenvalue weighted by molar-refractivity contribution is -0.274. The van der Waals surface area contributed by atoms with Gasteiger partial charge in [0.25, 0.3) is 0 Å². The zero-order valence-electron chi connectivity index (χ0n) is 8.07. The first-order valence-electron chi connectivity index (χ1n) is 4.39. The highest BCUT2D eigenvalue weighted by atomic mass is 35.5. The number of hydrogen-bond acceptors (Lipinski definition) is 1. The third-order valence-electron chi connectivity index (χ3n) is 1.89. The van der Waals surface area contributed by atoms with E-state index in [9.17, 15) is 13.2 Å². The van der Waals surface area contributed by atoms with Gasteiger partial charge in [-0.05, 0) is 23.6 Å². The number of aryl methyl sites for hydroxylation is 1. The van der Waals surface area contributed by atoms with Gasteiger partial charge in [-0.1, -0.05) is 19.1 Å². The molecule has 15 heavy (non-hydrogen) atoms. The second-order valence-electron chi connectivity index (χ2n) is 2.98. The van der Waals surface area contributed by atoms with Crippen LogP contribution in [0.5, 0.6) is 5.75 Å². The van der Waals surface area contributed by atoms with Crippen molar-refractivity contribution in [3.8, 4) is 5.75 Å². The molecule has 0 radical (unpaired) electrons. The van der Waals surface area contributed by atoms with Gasteiger partial charge >= 0.3 is 6.36 Å². The third kappa shape index (κ3) is 3.63. The summed E-state index contributed by atoms with van der Waals surface area (Å²) in [6.45, 7) is 1.76. The Morgan fingerprint density at radius 3 is 2.47 bits per heavy atom. The molecule has 0 aliphatic carbocycles. The molecule has 1 rings (SSSR count). The molecule has 84 valence electrons. The van der Waals surface area contributed by atoms with Gasteiger partial charge in [0.05, 0.1) is 0 Å². The Balaban J connectivity index is 3.01. The monoisotopic (exact) mass is 238 g/mol. The number of rotatable bonds is 3. The van der Waals surface area contributed by atoms with Crippen molar-refractivity contribution in [2.24, 2.45) is 0 Å². The minimum Gasteiger partial charge on any atom is -0.405 e. The van der Waals surface area contributed by atoms with E-state index in [4.69, 9.17) is 11.6 Å². The van der Waals surface area contributed by atoms with Gasteiger partial charge in [0.2, 0.25) is 0 Å². The van der Waals surface area contributed by atoms with Gasteiger partial charge in [-0.2, -0.15) is 0 Å². The fourth-order valence-corrected chi connectivity index (χ4v) is 1.36. The average Bonchev–Trinajstić information content (AvgIpc) is 2.15. The van der Waals surface area contributed by atoms with Crippen LogP contribution in [-0.4, -0.2) is 6.36 Å². The highest BCUT2D eigenvalue weighted by Gasteiger charge is 2.31. The van der Waals surface area contributed by atoms with Crippen molar-refractivity contribution < 1.29 is 17.9 Å². The van der Waals surface area contributed by atoms with Crippen molar-refractivity contribution in [3.63, 3.8) is 0 Å². The minimum absolute atomic E-state index is 0.164. The summed E-state index contributed by atoms with van der Waals surface area (Å²) in [7, 11) is 0. The summed E-state index contributed by atoms with van der Waals surface area (Å²) >= 11 is 5.53. The second kappa shape index (κ2) is 4.75. The van der Waals surface area contributed by atoms with Gasteiger partial charge in [-0.15, -0.1) is 24.8 Å². The van der Waals surface area contributed by atoms with Crippen LogP contribution in [0.15, 0.2) is 18.2 Å². The Kier molecular flexibility index (Phi) is 3.85. The van der Waals surface area contributed by atoms with Crippen molar-refractivity contribution in [2.45, 2.75) is 25.6 Å². The summed E-state index contributed by atoms with van der Waals surface area (Å²) in [4.78, 5) is 0. The van der Waals surface area contributed by atoms with Crippen LogP contribution in [-0.2, 0) is 12.3 Å². The SMILES string of the molecule is CCc1ccc(CCl)cc1OC(F)(F)F. The molecule has 0 saturated carbocycles. The molecule has 0 heterocycles. The molecule has 0 fully saturated rings. The maximum Gasteiger partial charge on any atom is 0.573 e. The van der Waals surface area contributed by atoms with E-state index < -0.39 is 6.36 Å². The quantitative estimate of drug-likeness (QED) is 0.726. The Labute approximate surface area is 90.8 Å². The number of alkyl halides is 4. The molecule has 0 amide bonds. The van der Waals surface area contributed by atoms with Crippen molar-refractivity contribution in [3.05, 3.63) is 29.3 Å². The van der Waals surface area contributed by atoms with Gasteiger partial charge in [-0.3, -0.25) is 0 Å². The second-order valence-corrected chi connectivity index (χ2v) is 3.24. The smallest absolute Gasteiger partial charge is 0.405 e. The zero-order valence-corrected chi connectivity index (χ0v) is 8.82. The summed E-state index contributed by atoms with van der Waals surface area (Å²) < 4.78 is 40.0. The third-order valence-corrected chi connectivity index (χ3v) is 2.20. The van der Waals surface area contributed by atoms with E-state index >= 15 is 0 Å². The number of ether oxygens (including phenoxy) is 1. The van der Waals surface area contributed by atoms with Crippen LogP contribution >= 0.6 is 11.6 Å². The van der Waals surface area contributed by atoms with Crippen LogP contribution in [0.4, 0.5) is 13.2 Å². The molecule has 1 aromatic rings. The van der Waals surface area contributed by atoms with Crippen LogP contribution < -0.4 is 4.74 Å². The molecular weight excluding hydrogens is 229 g/mol. The Bertz CT molecular complexity index is 336. The fourth-order valence-electron chi connectivity index (χ4n) is 1.19. The Morgan fingerprint density at radius 1 is 1.33 bits per heavy atom. The predicted octanol–water partition coefficient (Wildman–Crippen LogP) is 3.89. The van der Waals surface area contributed by atoms with Gasteiger partial charge in [0, 0.05) is 5.88 Å². The summed E-state index contributed by atoms with van der Waals surface area (Å²) in [5.41, 5.74) is 1.12. The molecular formula is C10H10ClF3O. The maximum atomic E-state index is 12.0. The molecule has 1 nitrogen and oxygen atoms in total. The predicted molar refractivity (Wildman–Crippen MR) is 52.1 cm³/mol. The van der Waals surface area contributed by atoms with Crippen LogP contribution in [0, 0.1) is 0 Å². The topological polar surface area (TPSA) is 9.23 Å². The summed E-state index contributed by atoms with van der Waals surface area (Å²) in [6.07, 6.45) is -4.18. The van der Waals surface area contributed by atoms with Gasteiger partial charge < -0.3 is 4.74 Å². The molecule has 0 aromatic heterocycles. The van der Waals surface area contributed by atoms with Crippen LogP contribution in [0.25, 0.3) is 0 Å². The first kappa shape index (κ1) is 12.2. The number of benzene rings is 1. The first-order chi connectivity index (χ1) is 6.96. The largest absolute Gasteiger partial charge is 0.573 e. The highest BCUT2D eigenvalue weighted by Crippen LogP contribution is 2.28. The van der Waals surface area contributed by atoms with Crippen molar-refractivity contribution in [1.29, 1.82) is 0 Å². The van der Waals surface area contributed by atoms with Crippen LogP contribution in [0.3, 0.4) is 0 Å². The molecule has 0 atom stereocenters. The van der Waals surface area contributed by atoms with E-state index in [2.05, 4.69) is 4.74 Å². The molecule has 0 aliphatic rings. The normalized spacial score (nSPS) is 11.5. The van der Waals surface area contributed by atoms with Gasteiger partial charge in [0.1, 0.15) is 5.75 Å². The summed E-state index contributed by atoms with van der Waals surface area (Å²) in [5, 5.41) is 0. The Hall–Kier alpha value is -0.900. The maximum absolute atomic E-state index is 12.0. The molecule has 5 heteroatoms. The van der Waals surface area contributed by atoms with E-state index in [0.29, 0.717) is 17.5 Å². The van der Waals surface area contributed by atoms with E-state index in [1.54, 1.807) is 19.1 Å². The summed E-state index contributed by atoms with van der Waals surface area (Å²) in [5.74, 6) is 0.00114. The average molecular weight is 239 g/mol. The lowest BCUT2D eigenvalue weighted by Gasteiger charge is -2.13. The van der Waals surface area contributed by atoms with E-state index in [-0.39, 0.29) is 11.6 Å². The van der Waals surface area contributed by atoms with Crippen molar-refractivity contribution in [2.75, 3.05) is 0 Å². The van der Waals surface area contributed by atoms with Gasteiger partial charge in [0.15, 0.2) is 0 Å². The van der Waals surface area contributed by atoms with Crippen molar-refractivity contribution in [1.82, 2.24) is 0 Å². The Morgan fingerprint density at radius 2 is 2.00 bits per heavy atom. The van der Waals surface area contributed by atoms with Crippen molar-refractivity contribution >= 4 is 11.6 Å². The van der Waals surface area contributed by atoms with E-state index in [0.717, 1.165) is 0 Å². The molecule has 0 N–H and O–H groups in total. The molecule has 1 aromatic carbocycles. The molecule has 0 unspecified atom stereocenters. The standard InChI is InChI=1S/C10H10ClF3O/c1-2-8-4-3-7(6-11)5-9(8)15-10(12,13)14/h3-5H,2,6H2,1H3. The first-order valence-corrected chi connectivity index (χ1v) is 4.93. The van der Waals surface area contributed by atoms with E-state index in [1.165, 1.54) is 6.07 Å².